The first kappa shape index (κ1) is 13.3. The summed E-state index contributed by atoms with van der Waals surface area (Å²) in [5.41, 5.74) is 0. The quantitative estimate of drug-likeness (QED) is 0.824. The molecule has 0 aliphatic carbocycles. The molecule has 1 aromatic rings. The van der Waals surface area contributed by atoms with Crippen LogP contribution in [0, 0.1) is 5.92 Å². The summed E-state index contributed by atoms with van der Waals surface area (Å²) in [6.07, 6.45) is 2.45. The van der Waals surface area contributed by atoms with E-state index in [4.69, 9.17) is 5.11 Å². The van der Waals surface area contributed by atoms with Gasteiger partial charge in [0, 0.05) is 6.54 Å². The maximum atomic E-state index is 12.0. The van der Waals surface area contributed by atoms with Crippen LogP contribution in [0.4, 0.5) is 4.79 Å². The Hall–Kier alpha value is -2.12. The zero-order valence-corrected chi connectivity index (χ0v) is 10.6. The second-order valence-electron chi connectivity index (χ2n) is 4.68. The van der Waals surface area contributed by atoms with Crippen molar-refractivity contribution in [2.45, 2.75) is 32.4 Å². The largest absolute Gasteiger partial charge is 0.480 e. The number of aliphatic carboxylic acids is 1. The standard InChI is InChI=1S/C11H16N4O4/c1-7-2-3-15(8(4-7)10(16)17)11(18)12-5-9-13-6-19-14-9/h6-8H,2-5H2,1H3,(H,12,18)(H,16,17). The van der Waals surface area contributed by atoms with Crippen molar-refractivity contribution in [1.29, 1.82) is 0 Å². The number of rotatable bonds is 3. The highest BCUT2D eigenvalue weighted by molar-refractivity contribution is 5.82. The van der Waals surface area contributed by atoms with Crippen LogP contribution in [0.2, 0.25) is 0 Å². The number of carboxylic acid groups (broad SMARTS) is 1. The third-order valence-corrected chi connectivity index (χ3v) is 3.22. The normalized spacial score (nSPS) is 23.1. The van der Waals surface area contributed by atoms with Crippen molar-refractivity contribution in [1.82, 2.24) is 20.4 Å². The number of carboxylic acids is 1. The molecule has 19 heavy (non-hydrogen) atoms. The van der Waals surface area contributed by atoms with Crippen LogP contribution in [0.5, 0.6) is 0 Å². The molecule has 2 rings (SSSR count). The van der Waals surface area contributed by atoms with Gasteiger partial charge in [0.05, 0.1) is 6.54 Å². The second kappa shape index (κ2) is 5.68. The van der Waals surface area contributed by atoms with Crippen LogP contribution in [0.1, 0.15) is 25.6 Å². The first-order valence-electron chi connectivity index (χ1n) is 6.10. The number of likely N-dealkylation sites (tertiary alicyclic amines) is 1. The highest BCUT2D eigenvalue weighted by Gasteiger charge is 2.34. The number of piperidine rings is 1. The summed E-state index contributed by atoms with van der Waals surface area (Å²) in [7, 11) is 0. The van der Waals surface area contributed by atoms with Crippen molar-refractivity contribution < 1.29 is 19.2 Å². The van der Waals surface area contributed by atoms with Gasteiger partial charge < -0.3 is 19.8 Å². The average molecular weight is 268 g/mol. The molecule has 1 aromatic heterocycles. The van der Waals surface area contributed by atoms with E-state index in [0.29, 0.717) is 24.7 Å². The Morgan fingerprint density at radius 3 is 3.05 bits per heavy atom. The summed E-state index contributed by atoms with van der Waals surface area (Å²) in [6.45, 7) is 2.55. The Bertz CT molecular complexity index is 448. The van der Waals surface area contributed by atoms with E-state index in [0.717, 1.165) is 6.42 Å². The fraction of sp³-hybridized carbons (Fsp3) is 0.636. The van der Waals surface area contributed by atoms with Gasteiger partial charge in [-0.2, -0.15) is 4.98 Å². The molecule has 2 atom stereocenters. The first-order valence-corrected chi connectivity index (χ1v) is 6.10. The lowest BCUT2D eigenvalue weighted by Crippen LogP contribution is -2.53. The van der Waals surface area contributed by atoms with E-state index in [-0.39, 0.29) is 6.54 Å². The Balaban J connectivity index is 1.94. The van der Waals surface area contributed by atoms with E-state index in [2.05, 4.69) is 20.0 Å². The number of carbonyl (C=O) groups excluding carboxylic acids is 1. The smallest absolute Gasteiger partial charge is 0.326 e. The van der Waals surface area contributed by atoms with Gasteiger partial charge >= 0.3 is 12.0 Å². The van der Waals surface area contributed by atoms with Crippen LogP contribution in [0.15, 0.2) is 10.9 Å². The molecule has 2 heterocycles. The molecule has 104 valence electrons. The molecule has 0 bridgehead atoms. The third kappa shape index (κ3) is 3.21. The number of nitrogens with one attached hydrogen (secondary N) is 1. The summed E-state index contributed by atoms with van der Waals surface area (Å²) < 4.78 is 4.55. The van der Waals surface area contributed by atoms with Crippen molar-refractivity contribution in [2.24, 2.45) is 5.92 Å². The van der Waals surface area contributed by atoms with Crippen molar-refractivity contribution in [3.63, 3.8) is 0 Å². The Morgan fingerprint density at radius 1 is 1.63 bits per heavy atom. The Morgan fingerprint density at radius 2 is 2.42 bits per heavy atom. The molecule has 2 unspecified atom stereocenters. The van der Waals surface area contributed by atoms with Gasteiger partial charge in [0.25, 0.3) is 0 Å². The van der Waals surface area contributed by atoms with Gasteiger partial charge in [-0.05, 0) is 18.8 Å². The van der Waals surface area contributed by atoms with Gasteiger partial charge in [0.15, 0.2) is 5.82 Å². The highest BCUT2D eigenvalue weighted by Crippen LogP contribution is 2.22. The van der Waals surface area contributed by atoms with Crippen molar-refractivity contribution >= 4 is 12.0 Å². The van der Waals surface area contributed by atoms with Gasteiger partial charge in [-0.3, -0.25) is 0 Å². The molecule has 8 nitrogen and oxygen atoms in total. The second-order valence-corrected chi connectivity index (χ2v) is 4.68. The predicted molar refractivity (Wildman–Crippen MR) is 63.1 cm³/mol. The third-order valence-electron chi connectivity index (χ3n) is 3.22. The summed E-state index contributed by atoms with van der Waals surface area (Å²) >= 11 is 0. The van der Waals surface area contributed by atoms with E-state index in [1.54, 1.807) is 0 Å². The maximum absolute atomic E-state index is 12.0. The van der Waals surface area contributed by atoms with E-state index in [9.17, 15) is 9.59 Å². The molecule has 1 aliphatic rings. The number of urea groups is 1. The maximum Gasteiger partial charge on any atom is 0.326 e. The minimum atomic E-state index is -0.971. The summed E-state index contributed by atoms with van der Waals surface area (Å²) in [5.74, 6) is -0.311. The molecule has 2 N–H and O–H groups in total. The molecule has 0 spiro atoms. The zero-order valence-electron chi connectivity index (χ0n) is 10.6. The Kier molecular flexibility index (Phi) is 3.98. The van der Waals surface area contributed by atoms with Gasteiger partial charge in [0.1, 0.15) is 6.04 Å². The molecule has 1 fully saturated rings. The number of nitrogens with zero attached hydrogens (tertiary/aromatic N) is 3. The fourth-order valence-electron chi connectivity index (χ4n) is 2.15. The minimum absolute atomic E-state index is 0.119. The van der Waals surface area contributed by atoms with Crippen molar-refractivity contribution in [3.8, 4) is 0 Å². The van der Waals surface area contributed by atoms with Crippen LogP contribution in [-0.4, -0.2) is 44.7 Å². The number of amides is 2. The molecule has 8 heteroatoms. The summed E-state index contributed by atoms with van der Waals surface area (Å²) in [4.78, 5) is 28.3. The van der Waals surface area contributed by atoms with E-state index >= 15 is 0 Å². The van der Waals surface area contributed by atoms with Crippen molar-refractivity contribution in [3.05, 3.63) is 12.2 Å². The van der Waals surface area contributed by atoms with Crippen LogP contribution in [0.3, 0.4) is 0 Å². The number of carbonyl (C=O) groups is 2. The predicted octanol–water partition coefficient (Wildman–Crippen LogP) is 0.464. The molecule has 0 aromatic carbocycles. The number of hydrogen-bond donors (Lipinski definition) is 2. The van der Waals surface area contributed by atoms with Crippen molar-refractivity contribution in [2.75, 3.05) is 6.54 Å². The number of hydrogen-bond acceptors (Lipinski definition) is 5. The monoisotopic (exact) mass is 268 g/mol. The van der Waals surface area contributed by atoms with E-state index < -0.39 is 18.0 Å². The first-order chi connectivity index (χ1) is 9.08. The van der Waals surface area contributed by atoms with E-state index in [1.807, 2.05) is 6.92 Å². The molecule has 2 amide bonds. The molecule has 1 aliphatic heterocycles. The van der Waals surface area contributed by atoms with Gasteiger partial charge in [0.2, 0.25) is 6.39 Å². The summed E-state index contributed by atoms with van der Waals surface area (Å²) in [6, 6.07) is -1.18. The lowest BCUT2D eigenvalue weighted by molar-refractivity contribution is -0.143. The average Bonchev–Trinajstić information content (AvgIpc) is 2.88. The Labute approximate surface area is 109 Å². The summed E-state index contributed by atoms with van der Waals surface area (Å²) in [5, 5.41) is 15.3. The fourth-order valence-corrected chi connectivity index (χ4v) is 2.15. The number of aromatic nitrogens is 2. The minimum Gasteiger partial charge on any atom is -0.480 e. The van der Waals surface area contributed by atoms with Crippen LogP contribution in [0.25, 0.3) is 0 Å². The van der Waals surface area contributed by atoms with Gasteiger partial charge in [-0.1, -0.05) is 12.1 Å². The molecular weight excluding hydrogens is 252 g/mol. The molecule has 0 radical (unpaired) electrons. The van der Waals surface area contributed by atoms with Crippen LogP contribution >= 0.6 is 0 Å². The van der Waals surface area contributed by atoms with Gasteiger partial charge in [-0.15, -0.1) is 0 Å². The molecular formula is C11H16N4O4. The SMILES string of the molecule is CC1CCN(C(=O)NCc2ncon2)C(C(=O)O)C1. The van der Waals surface area contributed by atoms with Gasteiger partial charge in [-0.25, -0.2) is 9.59 Å². The van der Waals surface area contributed by atoms with Crippen LogP contribution in [-0.2, 0) is 11.3 Å². The zero-order chi connectivity index (χ0) is 13.8. The van der Waals surface area contributed by atoms with Crippen LogP contribution < -0.4 is 5.32 Å². The molecule has 0 saturated carbocycles. The topological polar surface area (TPSA) is 109 Å². The lowest BCUT2D eigenvalue weighted by Gasteiger charge is -2.35. The lowest BCUT2D eigenvalue weighted by atomic mass is 9.93. The highest BCUT2D eigenvalue weighted by atomic mass is 16.5. The molecule has 1 saturated heterocycles. The van der Waals surface area contributed by atoms with E-state index in [1.165, 1.54) is 11.3 Å².